The van der Waals surface area contributed by atoms with Crippen molar-refractivity contribution >= 4 is 58.3 Å². The number of likely N-dealkylation sites (tertiary alicyclic amines) is 3. The van der Waals surface area contributed by atoms with Gasteiger partial charge < -0.3 is 20.4 Å². The number of hydrogen-bond donors (Lipinski definition) is 2. The highest BCUT2D eigenvalue weighted by Gasteiger charge is 2.42. The second-order valence-corrected chi connectivity index (χ2v) is 32.2. The SMILES string of the molecule is CC1=C(C)C(=O)C(CN2CCC(C[C@H](CC(=O)[C@@H]3CCCN3C(=O)[C@H](/C=C/[C@@H](C)CC(C)C)Cc3ccccc3)C(=O)NC(C)C)CC2)=CC1=O.CC1=C(C)C(=O)C(CN2CCN(C[C@H](CC(=O)[C@@H]3CCCN3C(=O)[C@H](/C=C/[C@@H](C)CC(C)C)Cc3ccccc3)C(=O)NC(C)C)CC2)=C(C)C1=O. The van der Waals surface area contributed by atoms with Gasteiger partial charge in [0.05, 0.1) is 29.8 Å². The number of Topliss-reactive ketones (excluding diaryl/α,β-unsaturated/α-hetero) is 5. The summed E-state index contributed by atoms with van der Waals surface area (Å²) in [6.45, 7) is 36.1. The number of carbonyl (C=O) groups is 10. The lowest BCUT2D eigenvalue weighted by molar-refractivity contribution is -0.141. The van der Waals surface area contributed by atoms with Crippen LogP contribution in [-0.4, -0.2) is 179 Å². The summed E-state index contributed by atoms with van der Waals surface area (Å²) >= 11 is 0. The molecule has 8 rings (SSSR count). The van der Waals surface area contributed by atoms with Crippen molar-refractivity contribution in [3.63, 3.8) is 0 Å². The lowest BCUT2D eigenvalue weighted by Gasteiger charge is -2.37. The number of piperazine rings is 1. The molecule has 4 heterocycles. The predicted molar refractivity (Wildman–Crippen MR) is 409 cm³/mol. The standard InChI is InChI=1S/C43H62N4O5.C43H61N3O5/c1-28(2)23-30(5)16-17-35(24-34-13-10-9-11-14-34)43(52)47-18-12-15-38(47)39(48)25-36(42(51)44-29(3)4)26-45-19-21-46(22-20-45)27-37-33(8)40(49)31(6)32(7)41(37)50;1-28(2)22-30(5)15-16-35(23-33-12-9-8-10-13-33)43(51)46-19-11-14-38(46)40(48)25-36(42(50)44-29(3)4)24-34-17-20-45(21-18-34)27-37-26-39(47)31(6)32(7)41(37)49/h9-11,13-14,16-17,28-30,35-36,38H,12,15,18-27H2,1-8H3,(H,44,51);8-10,12-13,15-16,26,28-30,34-36,38H,11,14,17-25,27H2,1-7H3,(H,44,50)/b17-16+;16-15+/t30-,35-,36+,38+;30-,35-,36-,38+/m11/s1. The fourth-order valence-corrected chi connectivity index (χ4v) is 15.8. The Kier molecular flexibility index (Phi) is 32.0. The van der Waals surface area contributed by atoms with E-state index in [-0.39, 0.29) is 101 Å². The molecule has 2 aromatic rings. The highest BCUT2D eigenvalue weighted by Crippen LogP contribution is 2.33. The van der Waals surface area contributed by atoms with E-state index in [1.807, 2.05) is 88.4 Å². The van der Waals surface area contributed by atoms with Gasteiger partial charge in [-0.2, -0.15) is 0 Å². The molecular weight excluding hydrogens is 1290 g/mol. The molecule has 2 aliphatic carbocycles. The first-order chi connectivity index (χ1) is 48.9. The highest BCUT2D eigenvalue weighted by atomic mass is 16.2. The number of rotatable bonds is 32. The Morgan fingerprint density at radius 3 is 1.36 bits per heavy atom. The summed E-state index contributed by atoms with van der Waals surface area (Å²) in [7, 11) is 0. The molecule has 2 aromatic carbocycles. The van der Waals surface area contributed by atoms with Crippen molar-refractivity contribution in [2.45, 2.75) is 211 Å². The number of amides is 4. The highest BCUT2D eigenvalue weighted by molar-refractivity contribution is 6.25. The number of carbonyl (C=O) groups excluding carboxylic acids is 10. The molecule has 103 heavy (non-hydrogen) atoms. The van der Waals surface area contributed by atoms with Crippen LogP contribution in [0.3, 0.4) is 0 Å². The van der Waals surface area contributed by atoms with Crippen LogP contribution in [0.2, 0.25) is 0 Å². The number of nitrogens with zero attached hydrogens (tertiary/aromatic N) is 5. The van der Waals surface area contributed by atoms with Crippen LogP contribution >= 0.6 is 0 Å². The van der Waals surface area contributed by atoms with Crippen molar-refractivity contribution in [2.24, 2.45) is 53.3 Å². The summed E-state index contributed by atoms with van der Waals surface area (Å²) in [6.07, 6.45) is 18.4. The molecule has 4 amide bonds. The van der Waals surface area contributed by atoms with Crippen LogP contribution in [0.1, 0.15) is 186 Å². The number of benzene rings is 2. The van der Waals surface area contributed by atoms with Gasteiger partial charge in [0.25, 0.3) is 0 Å². The molecule has 0 saturated carbocycles. The zero-order valence-electron chi connectivity index (χ0n) is 65.0. The maximum absolute atomic E-state index is 14.2. The Labute approximate surface area is 616 Å². The summed E-state index contributed by atoms with van der Waals surface area (Å²) in [5.41, 5.74) is 5.91. The maximum Gasteiger partial charge on any atom is 0.230 e. The molecule has 8 atom stereocenters. The number of nitrogens with one attached hydrogen (secondary N) is 2. The van der Waals surface area contributed by atoms with Gasteiger partial charge in [0, 0.05) is 129 Å². The van der Waals surface area contributed by atoms with Gasteiger partial charge in [0.15, 0.2) is 34.7 Å². The van der Waals surface area contributed by atoms with Gasteiger partial charge >= 0.3 is 0 Å². The van der Waals surface area contributed by atoms with E-state index in [2.05, 4.69) is 91.2 Å². The van der Waals surface area contributed by atoms with Crippen LogP contribution < -0.4 is 10.6 Å². The van der Waals surface area contributed by atoms with E-state index < -0.39 is 23.9 Å². The van der Waals surface area contributed by atoms with E-state index in [1.54, 1.807) is 44.4 Å². The minimum absolute atomic E-state index is 0.00707. The normalized spacial score (nSPS) is 21.1. The summed E-state index contributed by atoms with van der Waals surface area (Å²) in [6, 6.07) is 18.9. The number of allylic oxidation sites excluding steroid dienone is 8. The lowest BCUT2D eigenvalue weighted by atomic mass is 9.83. The largest absolute Gasteiger partial charge is 0.354 e. The van der Waals surface area contributed by atoms with Crippen LogP contribution in [0, 0.1) is 53.3 Å². The first kappa shape index (κ1) is 82.9. The Morgan fingerprint density at radius 1 is 0.466 bits per heavy atom. The van der Waals surface area contributed by atoms with E-state index in [0.29, 0.717) is 154 Å². The van der Waals surface area contributed by atoms with Crippen molar-refractivity contribution in [2.75, 3.05) is 72.0 Å². The van der Waals surface area contributed by atoms with Crippen molar-refractivity contribution in [3.05, 3.63) is 141 Å². The summed E-state index contributed by atoms with van der Waals surface area (Å²) < 4.78 is 0. The first-order valence-corrected chi connectivity index (χ1v) is 38.7. The van der Waals surface area contributed by atoms with Crippen molar-refractivity contribution in [1.82, 2.24) is 35.1 Å². The number of ketones is 6. The second kappa shape index (κ2) is 39.7. The Bertz CT molecular complexity index is 3510. The molecule has 0 radical (unpaired) electrons. The monoisotopic (exact) mass is 1410 g/mol. The Hall–Kier alpha value is -7.34. The predicted octanol–water partition coefficient (Wildman–Crippen LogP) is 12.3. The fraction of sp³-hybridized carbons (Fsp3) is 0.605. The van der Waals surface area contributed by atoms with E-state index in [0.717, 1.165) is 62.7 Å². The number of hydrogen-bond acceptors (Lipinski definition) is 13. The second-order valence-electron chi connectivity index (χ2n) is 32.2. The van der Waals surface area contributed by atoms with Crippen LogP contribution in [-0.2, 0) is 60.8 Å². The van der Waals surface area contributed by atoms with Gasteiger partial charge in [0.2, 0.25) is 23.6 Å². The Balaban J connectivity index is 0.000000288. The molecule has 4 saturated heterocycles. The zero-order chi connectivity index (χ0) is 75.4. The topological polar surface area (TPSA) is 211 Å². The van der Waals surface area contributed by atoms with Crippen molar-refractivity contribution in [1.29, 1.82) is 0 Å². The average Bonchev–Trinajstić information content (AvgIpc) is 1.17. The molecule has 6 aliphatic rings. The van der Waals surface area contributed by atoms with Crippen LogP contribution in [0.5, 0.6) is 0 Å². The lowest BCUT2D eigenvalue weighted by Crippen LogP contribution is -2.51. The van der Waals surface area contributed by atoms with Crippen LogP contribution in [0.4, 0.5) is 0 Å². The molecule has 0 bridgehead atoms. The van der Waals surface area contributed by atoms with Gasteiger partial charge in [-0.1, -0.05) is 127 Å². The minimum atomic E-state index is -0.547. The van der Waals surface area contributed by atoms with Crippen molar-refractivity contribution in [3.8, 4) is 0 Å². The van der Waals surface area contributed by atoms with Gasteiger partial charge in [0.1, 0.15) is 0 Å². The molecule has 4 aliphatic heterocycles. The van der Waals surface area contributed by atoms with Gasteiger partial charge in [-0.05, 0) is 193 Å². The van der Waals surface area contributed by atoms with Crippen molar-refractivity contribution < 1.29 is 47.9 Å². The smallest absolute Gasteiger partial charge is 0.230 e. The Morgan fingerprint density at radius 2 is 0.893 bits per heavy atom. The third-order valence-electron chi connectivity index (χ3n) is 21.8. The fourth-order valence-electron chi connectivity index (χ4n) is 15.8. The summed E-state index contributed by atoms with van der Waals surface area (Å²) in [4.78, 5) is 145. The van der Waals surface area contributed by atoms with E-state index in [9.17, 15) is 47.9 Å². The molecule has 17 nitrogen and oxygen atoms in total. The van der Waals surface area contributed by atoms with E-state index >= 15 is 0 Å². The molecule has 0 aromatic heterocycles. The summed E-state index contributed by atoms with van der Waals surface area (Å²) in [5.74, 6) is -0.285. The average molecular weight is 1410 g/mol. The third-order valence-corrected chi connectivity index (χ3v) is 21.8. The maximum atomic E-state index is 14.2. The first-order valence-electron chi connectivity index (χ1n) is 38.7. The van der Waals surface area contributed by atoms with Gasteiger partial charge in [-0.3, -0.25) is 62.6 Å². The molecule has 562 valence electrons. The number of piperidine rings is 1. The zero-order valence-corrected chi connectivity index (χ0v) is 65.0. The third kappa shape index (κ3) is 24.4. The minimum Gasteiger partial charge on any atom is -0.354 e. The van der Waals surface area contributed by atoms with Gasteiger partial charge in [-0.25, -0.2) is 0 Å². The van der Waals surface area contributed by atoms with Gasteiger partial charge in [-0.15, -0.1) is 0 Å². The molecular formula is C86H123N7O10. The van der Waals surface area contributed by atoms with Crippen LogP contribution in [0.15, 0.2) is 130 Å². The van der Waals surface area contributed by atoms with Crippen LogP contribution in [0.25, 0.3) is 0 Å². The van der Waals surface area contributed by atoms with E-state index in [1.165, 1.54) is 6.08 Å². The molecule has 0 spiro atoms. The molecule has 2 N–H and O–H groups in total. The summed E-state index contributed by atoms with van der Waals surface area (Å²) in [5, 5.41) is 6.09. The molecule has 4 fully saturated rings. The molecule has 17 heteroatoms. The quantitative estimate of drug-likeness (QED) is 0.0516. The van der Waals surface area contributed by atoms with E-state index in [4.69, 9.17) is 0 Å². The molecule has 0 unspecified atom stereocenters.